The summed E-state index contributed by atoms with van der Waals surface area (Å²) in [5.41, 5.74) is 2.39. The highest BCUT2D eigenvalue weighted by Gasteiger charge is 2.43. The first-order valence-electron chi connectivity index (χ1n) is 8.43. The first-order valence-corrected chi connectivity index (χ1v) is 8.43. The molecule has 0 amide bonds. The van der Waals surface area contributed by atoms with Gasteiger partial charge >= 0.3 is 0 Å². The maximum atomic E-state index is 13.1. The van der Waals surface area contributed by atoms with Gasteiger partial charge in [0.05, 0.1) is 11.6 Å². The second-order valence-corrected chi connectivity index (χ2v) is 7.11. The minimum absolute atomic E-state index is 0.0720. The number of nitrogens with zero attached hydrogens (tertiary/aromatic N) is 2. The van der Waals surface area contributed by atoms with Gasteiger partial charge in [-0.3, -0.25) is 9.78 Å². The molecule has 3 nitrogen and oxygen atoms in total. The fourth-order valence-electron chi connectivity index (χ4n) is 4.81. The molecule has 3 aliphatic rings. The van der Waals surface area contributed by atoms with E-state index in [-0.39, 0.29) is 11.8 Å². The average molecular weight is 284 g/mol. The summed E-state index contributed by atoms with van der Waals surface area (Å²) in [6.07, 6.45) is 9.79. The molecule has 0 N–H and O–H groups in total. The Morgan fingerprint density at radius 2 is 2.00 bits per heavy atom. The minimum Gasteiger partial charge on any atom is -0.300 e. The molecule has 4 rings (SSSR count). The zero-order valence-corrected chi connectivity index (χ0v) is 12.8. The molecular formula is C18H24N2O. The van der Waals surface area contributed by atoms with Crippen LogP contribution in [0.25, 0.3) is 0 Å². The maximum absolute atomic E-state index is 13.1. The van der Waals surface area contributed by atoms with Crippen LogP contribution in [-0.4, -0.2) is 34.8 Å². The van der Waals surface area contributed by atoms with Crippen LogP contribution in [0, 0.1) is 5.92 Å². The number of carbonyl (C=O) groups excluding carboxylic acids is 1. The lowest BCUT2D eigenvalue weighted by Gasteiger charge is -2.37. The number of rotatable bonds is 2. The monoisotopic (exact) mass is 284 g/mol. The number of hydrogen-bond donors (Lipinski definition) is 0. The lowest BCUT2D eigenvalue weighted by atomic mass is 9.76. The maximum Gasteiger partial charge on any atom is 0.145 e. The number of pyridine rings is 1. The number of carbonyl (C=O) groups is 1. The summed E-state index contributed by atoms with van der Waals surface area (Å²) in [5, 5.41) is 0. The second kappa shape index (κ2) is 5.20. The summed E-state index contributed by atoms with van der Waals surface area (Å²) in [4.78, 5) is 20.1. The Kier molecular flexibility index (Phi) is 3.33. The topological polar surface area (TPSA) is 33.2 Å². The Balaban J connectivity index is 1.56. The highest BCUT2D eigenvalue weighted by molar-refractivity contribution is 5.88. The van der Waals surface area contributed by atoms with Crippen LogP contribution in [0.4, 0.5) is 0 Å². The molecule has 1 aromatic rings. The summed E-state index contributed by atoms with van der Waals surface area (Å²) in [6, 6.07) is 5.44. The van der Waals surface area contributed by atoms with Crippen molar-refractivity contribution in [3.05, 3.63) is 29.6 Å². The molecule has 1 aliphatic carbocycles. The summed E-state index contributed by atoms with van der Waals surface area (Å²) >= 11 is 0. The van der Waals surface area contributed by atoms with Crippen molar-refractivity contribution in [2.45, 2.75) is 62.9 Å². The van der Waals surface area contributed by atoms with Gasteiger partial charge < -0.3 is 4.90 Å². The van der Waals surface area contributed by atoms with Gasteiger partial charge in [0.15, 0.2) is 0 Å². The molecule has 3 heteroatoms. The van der Waals surface area contributed by atoms with Crippen LogP contribution in [-0.2, 0) is 11.2 Å². The van der Waals surface area contributed by atoms with E-state index in [4.69, 9.17) is 0 Å². The van der Waals surface area contributed by atoms with Crippen LogP contribution in [0.2, 0.25) is 0 Å². The van der Waals surface area contributed by atoms with Crippen molar-refractivity contribution in [3.8, 4) is 0 Å². The second-order valence-electron chi connectivity index (χ2n) is 7.11. The third-order valence-electron chi connectivity index (χ3n) is 6.04. The molecule has 0 saturated carbocycles. The molecule has 21 heavy (non-hydrogen) atoms. The van der Waals surface area contributed by atoms with Crippen molar-refractivity contribution in [3.63, 3.8) is 0 Å². The number of hydrogen-bond acceptors (Lipinski definition) is 3. The van der Waals surface area contributed by atoms with E-state index in [9.17, 15) is 4.79 Å². The van der Waals surface area contributed by atoms with E-state index in [0.29, 0.717) is 17.9 Å². The molecule has 0 radical (unpaired) electrons. The molecular weight excluding hydrogens is 260 g/mol. The normalized spacial score (nSPS) is 35.5. The van der Waals surface area contributed by atoms with Gasteiger partial charge in [0, 0.05) is 24.2 Å². The Morgan fingerprint density at radius 3 is 2.76 bits per heavy atom. The van der Waals surface area contributed by atoms with Gasteiger partial charge in [0.25, 0.3) is 0 Å². The van der Waals surface area contributed by atoms with E-state index in [2.05, 4.69) is 23.0 Å². The van der Waals surface area contributed by atoms with Crippen molar-refractivity contribution in [1.29, 1.82) is 0 Å². The van der Waals surface area contributed by atoms with Crippen molar-refractivity contribution in [2.75, 3.05) is 7.05 Å². The van der Waals surface area contributed by atoms with Crippen molar-refractivity contribution < 1.29 is 4.79 Å². The molecule has 2 bridgehead atoms. The van der Waals surface area contributed by atoms with Gasteiger partial charge in [-0.1, -0.05) is 6.07 Å². The van der Waals surface area contributed by atoms with Gasteiger partial charge in [0.1, 0.15) is 5.78 Å². The predicted octanol–water partition coefficient (Wildman–Crippen LogP) is 2.94. The average Bonchev–Trinajstić information content (AvgIpc) is 2.75. The molecule has 1 aromatic heterocycles. The minimum atomic E-state index is 0.0720. The Morgan fingerprint density at radius 1 is 1.24 bits per heavy atom. The Labute approximate surface area is 126 Å². The van der Waals surface area contributed by atoms with Crippen molar-refractivity contribution in [1.82, 2.24) is 9.88 Å². The fourth-order valence-corrected chi connectivity index (χ4v) is 4.81. The molecule has 2 saturated heterocycles. The van der Waals surface area contributed by atoms with E-state index < -0.39 is 0 Å². The predicted molar refractivity (Wildman–Crippen MR) is 82.2 cm³/mol. The third-order valence-corrected chi connectivity index (χ3v) is 6.04. The van der Waals surface area contributed by atoms with Gasteiger partial charge in [-0.2, -0.15) is 0 Å². The fraction of sp³-hybridized carbons (Fsp3) is 0.667. The van der Waals surface area contributed by atoms with Crippen LogP contribution < -0.4 is 0 Å². The van der Waals surface area contributed by atoms with Gasteiger partial charge in [-0.25, -0.2) is 0 Å². The molecule has 2 fully saturated rings. The smallest absolute Gasteiger partial charge is 0.145 e. The Bertz CT molecular complexity index is 542. The molecule has 3 heterocycles. The number of aryl methyl sites for hydroxylation is 1. The van der Waals surface area contributed by atoms with Gasteiger partial charge in [-0.15, -0.1) is 0 Å². The van der Waals surface area contributed by atoms with Crippen molar-refractivity contribution >= 4 is 5.78 Å². The zero-order chi connectivity index (χ0) is 14.4. The lowest BCUT2D eigenvalue weighted by Crippen LogP contribution is -2.43. The molecule has 3 unspecified atom stereocenters. The zero-order valence-electron chi connectivity index (χ0n) is 12.8. The van der Waals surface area contributed by atoms with Crippen LogP contribution in [0.15, 0.2) is 18.3 Å². The van der Waals surface area contributed by atoms with E-state index in [1.165, 1.54) is 18.4 Å². The molecule has 0 spiro atoms. The SMILES string of the molecule is CN1C2CCC1CC(C(=O)C1CCCc3cccnc31)C2. The van der Waals surface area contributed by atoms with E-state index in [0.717, 1.165) is 37.8 Å². The number of aromatic nitrogens is 1. The molecule has 3 atom stereocenters. The number of Topliss-reactive ketones (excluding diaryl/α,β-unsaturated/α-hetero) is 1. The van der Waals surface area contributed by atoms with Gasteiger partial charge in [-0.05, 0) is 63.6 Å². The van der Waals surface area contributed by atoms with Crippen LogP contribution in [0.1, 0.15) is 55.7 Å². The first kappa shape index (κ1) is 13.4. The van der Waals surface area contributed by atoms with Crippen LogP contribution >= 0.6 is 0 Å². The summed E-state index contributed by atoms with van der Waals surface area (Å²) in [6.45, 7) is 0. The van der Waals surface area contributed by atoms with E-state index in [1.54, 1.807) is 0 Å². The van der Waals surface area contributed by atoms with Crippen LogP contribution in [0.3, 0.4) is 0 Å². The lowest BCUT2D eigenvalue weighted by molar-refractivity contribution is -0.127. The molecule has 112 valence electrons. The molecule has 0 aromatic carbocycles. The quantitative estimate of drug-likeness (QED) is 0.837. The highest BCUT2D eigenvalue weighted by atomic mass is 16.1. The van der Waals surface area contributed by atoms with E-state index >= 15 is 0 Å². The Hall–Kier alpha value is -1.22. The highest BCUT2D eigenvalue weighted by Crippen LogP contribution is 2.41. The largest absolute Gasteiger partial charge is 0.300 e. The molecule has 2 aliphatic heterocycles. The summed E-state index contributed by atoms with van der Waals surface area (Å²) < 4.78 is 0. The van der Waals surface area contributed by atoms with E-state index in [1.807, 2.05) is 12.3 Å². The first-order chi connectivity index (χ1) is 10.2. The summed E-state index contributed by atoms with van der Waals surface area (Å²) in [7, 11) is 2.24. The number of piperidine rings is 1. The summed E-state index contributed by atoms with van der Waals surface area (Å²) in [5.74, 6) is 0.832. The van der Waals surface area contributed by atoms with Gasteiger partial charge in [0.2, 0.25) is 0 Å². The van der Waals surface area contributed by atoms with Crippen molar-refractivity contribution in [2.24, 2.45) is 5.92 Å². The number of fused-ring (bicyclic) bond motifs is 3. The third kappa shape index (κ3) is 2.22. The van der Waals surface area contributed by atoms with Crippen LogP contribution in [0.5, 0.6) is 0 Å². The standard InChI is InChI=1S/C18H24N2O/c1-20-14-7-8-15(20)11-13(10-14)18(21)16-6-2-4-12-5-3-9-19-17(12)16/h3,5,9,13-16H,2,4,6-8,10-11H2,1H3. The number of ketones is 1.